The normalized spacial score (nSPS) is 27.1. The molecule has 1 saturated carbocycles. The first-order valence-electron chi connectivity index (χ1n) is 11.5. The molecule has 0 spiro atoms. The molecule has 1 N–H and O–H groups in total. The summed E-state index contributed by atoms with van der Waals surface area (Å²) in [6, 6.07) is 8.15. The maximum Gasteiger partial charge on any atom is 0.234 e. The van der Waals surface area contributed by atoms with E-state index in [0.717, 1.165) is 37.5 Å². The third-order valence-electron chi connectivity index (χ3n) is 7.28. The second-order valence-electron chi connectivity index (χ2n) is 9.32. The van der Waals surface area contributed by atoms with Crippen LogP contribution in [0.4, 0.5) is 0 Å². The SMILES string of the molecule is COc1ccc([C@H]2[C@@H]3CN(CC(=O)NCC4CCCCC4)C[C@@H]3CN2C(C)=O)cc1. The number of likely N-dealkylation sites (tertiary alicyclic amines) is 2. The van der Waals surface area contributed by atoms with Gasteiger partial charge in [-0.3, -0.25) is 14.5 Å². The number of ether oxygens (including phenoxy) is 1. The van der Waals surface area contributed by atoms with Gasteiger partial charge in [0.1, 0.15) is 5.75 Å². The van der Waals surface area contributed by atoms with Gasteiger partial charge in [-0.05, 0) is 42.4 Å². The maximum absolute atomic E-state index is 12.5. The summed E-state index contributed by atoms with van der Waals surface area (Å²) in [5.74, 6) is 2.54. The first-order chi connectivity index (χ1) is 14.5. The molecule has 0 aromatic heterocycles. The smallest absolute Gasteiger partial charge is 0.234 e. The Morgan fingerprint density at radius 3 is 2.47 bits per heavy atom. The standard InChI is InChI=1S/C24H35N3O3/c1-17(28)27-14-20-13-26(16-23(29)25-12-18-6-4-3-5-7-18)15-22(20)24(27)19-8-10-21(30-2)11-9-19/h8-11,18,20,22,24H,3-7,12-16H2,1-2H3,(H,25,29)/t20-,22-,24+/m1/s1. The first kappa shape index (κ1) is 21.2. The van der Waals surface area contributed by atoms with E-state index in [1.165, 1.54) is 32.1 Å². The number of carbonyl (C=O) groups is 2. The highest BCUT2D eigenvalue weighted by Crippen LogP contribution is 2.45. The highest BCUT2D eigenvalue weighted by Gasteiger charge is 2.48. The Bertz CT molecular complexity index is 745. The van der Waals surface area contributed by atoms with E-state index in [-0.39, 0.29) is 17.9 Å². The fourth-order valence-corrected chi connectivity index (χ4v) is 5.73. The van der Waals surface area contributed by atoms with Crippen LogP contribution in [0.15, 0.2) is 24.3 Å². The molecule has 1 aromatic carbocycles. The van der Waals surface area contributed by atoms with Gasteiger partial charge in [-0.1, -0.05) is 31.4 Å². The van der Waals surface area contributed by atoms with Crippen LogP contribution in [0.2, 0.25) is 0 Å². The lowest BCUT2D eigenvalue weighted by Gasteiger charge is -2.29. The minimum Gasteiger partial charge on any atom is -0.497 e. The van der Waals surface area contributed by atoms with Gasteiger partial charge in [0.2, 0.25) is 11.8 Å². The molecule has 2 heterocycles. The van der Waals surface area contributed by atoms with Gasteiger partial charge in [0.25, 0.3) is 0 Å². The number of nitrogens with zero attached hydrogens (tertiary/aromatic N) is 2. The van der Waals surface area contributed by atoms with E-state index in [1.54, 1.807) is 14.0 Å². The summed E-state index contributed by atoms with van der Waals surface area (Å²) >= 11 is 0. The number of methoxy groups -OCH3 is 1. The summed E-state index contributed by atoms with van der Waals surface area (Å²) in [6.45, 7) is 5.48. The Balaban J connectivity index is 1.36. The largest absolute Gasteiger partial charge is 0.497 e. The molecule has 3 fully saturated rings. The van der Waals surface area contributed by atoms with E-state index >= 15 is 0 Å². The summed E-state index contributed by atoms with van der Waals surface area (Å²) in [6.07, 6.45) is 6.44. The fourth-order valence-electron chi connectivity index (χ4n) is 5.73. The fraction of sp³-hybridized carbons (Fsp3) is 0.667. The van der Waals surface area contributed by atoms with E-state index in [9.17, 15) is 9.59 Å². The van der Waals surface area contributed by atoms with Crippen LogP contribution in [0.3, 0.4) is 0 Å². The Kier molecular flexibility index (Phi) is 6.61. The molecule has 0 bridgehead atoms. The number of rotatable bonds is 6. The molecule has 2 aliphatic heterocycles. The van der Waals surface area contributed by atoms with Crippen molar-refractivity contribution in [3.63, 3.8) is 0 Å². The molecule has 4 rings (SSSR count). The van der Waals surface area contributed by atoms with Gasteiger partial charge < -0.3 is 15.0 Å². The van der Waals surface area contributed by atoms with E-state index in [4.69, 9.17) is 4.74 Å². The van der Waals surface area contributed by atoms with Gasteiger partial charge in [-0.2, -0.15) is 0 Å². The predicted octanol–water partition coefficient (Wildman–Crippen LogP) is 2.84. The van der Waals surface area contributed by atoms with E-state index < -0.39 is 0 Å². The number of fused-ring (bicyclic) bond motifs is 1. The summed E-state index contributed by atoms with van der Waals surface area (Å²) in [4.78, 5) is 29.1. The van der Waals surface area contributed by atoms with E-state index in [1.807, 2.05) is 17.0 Å². The Labute approximate surface area is 179 Å². The lowest BCUT2D eigenvalue weighted by molar-refractivity contribution is -0.130. The van der Waals surface area contributed by atoms with Gasteiger partial charge in [-0.25, -0.2) is 0 Å². The topological polar surface area (TPSA) is 61.9 Å². The number of nitrogens with one attached hydrogen (secondary N) is 1. The highest BCUT2D eigenvalue weighted by atomic mass is 16.5. The quantitative estimate of drug-likeness (QED) is 0.779. The third-order valence-corrected chi connectivity index (χ3v) is 7.28. The van der Waals surface area contributed by atoms with Crippen LogP contribution in [0.1, 0.15) is 50.6 Å². The number of carbonyl (C=O) groups excluding carboxylic acids is 2. The van der Waals surface area contributed by atoms with Gasteiger partial charge in [-0.15, -0.1) is 0 Å². The average Bonchev–Trinajstić information content (AvgIpc) is 3.30. The second kappa shape index (κ2) is 9.38. The Morgan fingerprint density at radius 1 is 1.07 bits per heavy atom. The van der Waals surface area contributed by atoms with Crippen molar-refractivity contribution in [1.82, 2.24) is 15.1 Å². The molecular formula is C24H35N3O3. The van der Waals surface area contributed by atoms with Crippen molar-refractivity contribution in [2.24, 2.45) is 17.8 Å². The molecule has 2 saturated heterocycles. The van der Waals surface area contributed by atoms with Crippen LogP contribution < -0.4 is 10.1 Å². The van der Waals surface area contributed by atoms with Crippen LogP contribution in [-0.2, 0) is 9.59 Å². The summed E-state index contributed by atoms with van der Waals surface area (Å²) in [5.41, 5.74) is 1.15. The van der Waals surface area contributed by atoms with Crippen molar-refractivity contribution >= 4 is 11.8 Å². The number of hydrogen-bond acceptors (Lipinski definition) is 4. The molecule has 6 heteroatoms. The number of benzene rings is 1. The van der Waals surface area contributed by atoms with Crippen molar-refractivity contribution in [3.8, 4) is 5.75 Å². The molecule has 30 heavy (non-hydrogen) atoms. The molecule has 6 nitrogen and oxygen atoms in total. The van der Waals surface area contributed by atoms with Crippen molar-refractivity contribution in [2.45, 2.75) is 45.1 Å². The molecule has 3 aliphatic rings. The zero-order chi connectivity index (χ0) is 21.1. The first-order valence-corrected chi connectivity index (χ1v) is 11.5. The van der Waals surface area contributed by atoms with Gasteiger partial charge >= 0.3 is 0 Å². The molecular weight excluding hydrogens is 378 g/mol. The average molecular weight is 414 g/mol. The predicted molar refractivity (Wildman–Crippen MR) is 116 cm³/mol. The number of amides is 2. The van der Waals surface area contributed by atoms with Crippen molar-refractivity contribution < 1.29 is 14.3 Å². The minimum absolute atomic E-state index is 0.0775. The molecule has 164 valence electrons. The van der Waals surface area contributed by atoms with Crippen molar-refractivity contribution in [1.29, 1.82) is 0 Å². The van der Waals surface area contributed by atoms with Gasteiger partial charge in [0, 0.05) is 39.0 Å². The highest BCUT2D eigenvalue weighted by molar-refractivity contribution is 5.78. The molecule has 0 unspecified atom stereocenters. The summed E-state index contributed by atoms with van der Waals surface area (Å²) in [5, 5.41) is 3.17. The molecule has 1 aromatic rings. The van der Waals surface area contributed by atoms with Gasteiger partial charge in [0.15, 0.2) is 0 Å². The molecule has 2 amide bonds. The van der Waals surface area contributed by atoms with E-state index in [2.05, 4.69) is 22.3 Å². The third kappa shape index (κ3) is 4.64. The van der Waals surface area contributed by atoms with Crippen LogP contribution in [-0.4, -0.2) is 61.4 Å². The number of hydrogen-bond donors (Lipinski definition) is 1. The van der Waals surface area contributed by atoms with Crippen molar-refractivity contribution in [3.05, 3.63) is 29.8 Å². The monoisotopic (exact) mass is 413 g/mol. The van der Waals surface area contributed by atoms with Crippen molar-refractivity contribution in [2.75, 3.05) is 39.8 Å². The summed E-state index contributed by atoms with van der Waals surface area (Å²) in [7, 11) is 1.66. The Hall–Kier alpha value is -2.08. The van der Waals surface area contributed by atoms with Crippen LogP contribution in [0.25, 0.3) is 0 Å². The summed E-state index contributed by atoms with van der Waals surface area (Å²) < 4.78 is 5.29. The van der Waals surface area contributed by atoms with Crippen LogP contribution in [0.5, 0.6) is 5.75 Å². The maximum atomic E-state index is 12.5. The second-order valence-corrected chi connectivity index (χ2v) is 9.32. The minimum atomic E-state index is 0.0775. The van der Waals surface area contributed by atoms with Crippen LogP contribution in [0, 0.1) is 17.8 Å². The molecule has 3 atom stereocenters. The van der Waals surface area contributed by atoms with Crippen LogP contribution >= 0.6 is 0 Å². The zero-order valence-electron chi connectivity index (χ0n) is 18.3. The molecule has 0 radical (unpaired) electrons. The van der Waals surface area contributed by atoms with E-state index in [0.29, 0.717) is 24.3 Å². The molecule has 1 aliphatic carbocycles. The Morgan fingerprint density at radius 2 is 1.80 bits per heavy atom. The lowest BCUT2D eigenvalue weighted by Crippen LogP contribution is -2.40. The zero-order valence-corrected chi connectivity index (χ0v) is 18.3. The lowest BCUT2D eigenvalue weighted by atomic mass is 9.89. The van der Waals surface area contributed by atoms with Gasteiger partial charge in [0.05, 0.1) is 19.7 Å².